The minimum Gasteiger partial charge on any atom is -0.376 e. The van der Waals surface area contributed by atoms with E-state index in [1.165, 1.54) is 18.2 Å². The molecule has 0 aliphatic heterocycles. The maximum atomic E-state index is 12.4. The molecule has 0 unspecified atom stereocenters. The molecule has 0 bridgehead atoms. The van der Waals surface area contributed by atoms with E-state index in [1.54, 1.807) is 6.07 Å². The molecule has 4 rings (SSSR count). The van der Waals surface area contributed by atoms with E-state index in [4.69, 9.17) is 0 Å². The smallest absolute Gasteiger partial charge is 0.376 e. The summed E-state index contributed by atoms with van der Waals surface area (Å²) in [5.41, 5.74) is -3.74. The molecule has 128 valence electrons. The van der Waals surface area contributed by atoms with Gasteiger partial charge in [0.2, 0.25) is 0 Å². The Morgan fingerprint density at radius 2 is 1.60 bits per heavy atom. The fraction of sp³-hybridized carbons (Fsp3) is 0.0588. The molecule has 1 heterocycles. The second-order valence-electron chi connectivity index (χ2n) is 5.56. The first-order valence-electron chi connectivity index (χ1n) is 7.20. The van der Waals surface area contributed by atoms with Gasteiger partial charge in [0.25, 0.3) is 0 Å². The third-order valence-corrected chi connectivity index (χ3v) is 4.90. The van der Waals surface area contributed by atoms with Crippen LogP contribution in [0.2, 0.25) is 0 Å². The van der Waals surface area contributed by atoms with Gasteiger partial charge < -0.3 is 9.17 Å². The van der Waals surface area contributed by atoms with Gasteiger partial charge in [-0.25, -0.2) is 0 Å². The lowest BCUT2D eigenvalue weighted by molar-refractivity contribution is -0.0500. The average molecular weight is 365 g/mol. The van der Waals surface area contributed by atoms with Gasteiger partial charge in [-0.15, -0.1) is 0 Å². The number of nitrogens with one attached hydrogen (secondary N) is 1. The second-order valence-corrected chi connectivity index (χ2v) is 7.10. The molecule has 0 saturated heterocycles. The van der Waals surface area contributed by atoms with Gasteiger partial charge in [0, 0.05) is 21.8 Å². The molecule has 0 saturated carbocycles. The van der Waals surface area contributed by atoms with Crippen LogP contribution in [0.15, 0.2) is 54.6 Å². The fourth-order valence-corrected chi connectivity index (χ4v) is 3.25. The normalized spacial score (nSPS) is 12.9. The predicted octanol–water partition coefficient (Wildman–Crippen LogP) is 4.70. The summed E-state index contributed by atoms with van der Waals surface area (Å²) in [5.74, 6) is -0.389. The highest BCUT2D eigenvalue weighted by molar-refractivity contribution is 7.88. The van der Waals surface area contributed by atoms with Crippen LogP contribution in [0.4, 0.5) is 13.2 Å². The topological polar surface area (TPSA) is 59.2 Å². The summed E-state index contributed by atoms with van der Waals surface area (Å²) >= 11 is 0. The van der Waals surface area contributed by atoms with Crippen LogP contribution < -0.4 is 4.18 Å². The molecule has 8 heteroatoms. The molecular formula is C17H10F3NO3S. The summed E-state index contributed by atoms with van der Waals surface area (Å²) in [5, 5.41) is 3.32. The van der Waals surface area contributed by atoms with E-state index >= 15 is 0 Å². The summed E-state index contributed by atoms with van der Waals surface area (Å²) in [6.45, 7) is 0. The molecule has 0 fully saturated rings. The SMILES string of the molecule is O=S(=O)(Oc1ccc2cc3c(cc2c1)[nH]c1ccccc13)C(F)(F)F. The van der Waals surface area contributed by atoms with Gasteiger partial charge in [-0.3, -0.25) is 0 Å². The Morgan fingerprint density at radius 1 is 0.840 bits per heavy atom. The van der Waals surface area contributed by atoms with Crippen LogP contribution >= 0.6 is 0 Å². The number of hydrogen-bond donors (Lipinski definition) is 1. The van der Waals surface area contributed by atoms with Gasteiger partial charge in [0.05, 0.1) is 0 Å². The van der Waals surface area contributed by atoms with E-state index in [0.29, 0.717) is 5.39 Å². The summed E-state index contributed by atoms with van der Waals surface area (Å²) < 4.78 is 63.8. The van der Waals surface area contributed by atoms with Crippen LogP contribution in [0.5, 0.6) is 5.75 Å². The molecule has 0 aliphatic carbocycles. The molecule has 0 amide bonds. The molecule has 4 aromatic rings. The zero-order valence-electron chi connectivity index (χ0n) is 12.5. The number of para-hydroxylation sites is 1. The first-order valence-corrected chi connectivity index (χ1v) is 8.60. The lowest BCUT2D eigenvalue weighted by Crippen LogP contribution is -2.28. The number of halogens is 3. The van der Waals surface area contributed by atoms with Gasteiger partial charge in [-0.2, -0.15) is 21.6 Å². The number of hydrogen-bond acceptors (Lipinski definition) is 3. The Hall–Kier alpha value is -2.74. The van der Waals surface area contributed by atoms with Crippen molar-refractivity contribution < 1.29 is 25.8 Å². The third-order valence-electron chi connectivity index (χ3n) is 3.92. The Bertz CT molecular complexity index is 1230. The molecule has 3 aromatic carbocycles. The van der Waals surface area contributed by atoms with Crippen LogP contribution in [0, 0.1) is 0 Å². The zero-order valence-corrected chi connectivity index (χ0v) is 13.3. The van der Waals surface area contributed by atoms with Gasteiger partial charge in [-0.05, 0) is 41.1 Å². The number of alkyl halides is 3. The van der Waals surface area contributed by atoms with Gasteiger partial charge in [-0.1, -0.05) is 24.3 Å². The quantitative estimate of drug-likeness (QED) is 0.414. The van der Waals surface area contributed by atoms with E-state index in [-0.39, 0.29) is 5.75 Å². The van der Waals surface area contributed by atoms with Crippen molar-refractivity contribution in [3.8, 4) is 5.75 Å². The van der Waals surface area contributed by atoms with Crippen LogP contribution in [0.1, 0.15) is 0 Å². The van der Waals surface area contributed by atoms with Crippen LogP contribution in [-0.4, -0.2) is 18.9 Å². The third kappa shape index (κ3) is 2.58. The van der Waals surface area contributed by atoms with Crippen molar-refractivity contribution in [1.82, 2.24) is 4.98 Å². The predicted molar refractivity (Wildman–Crippen MR) is 88.9 cm³/mol. The molecule has 0 radical (unpaired) electrons. The highest BCUT2D eigenvalue weighted by Crippen LogP contribution is 2.32. The van der Waals surface area contributed by atoms with E-state index < -0.39 is 15.6 Å². The number of rotatable bonds is 2. The molecule has 4 nitrogen and oxygen atoms in total. The largest absolute Gasteiger partial charge is 0.534 e. The van der Waals surface area contributed by atoms with Crippen LogP contribution in [0.25, 0.3) is 32.6 Å². The highest BCUT2D eigenvalue weighted by atomic mass is 32.2. The van der Waals surface area contributed by atoms with Crippen molar-refractivity contribution in [3.05, 3.63) is 54.6 Å². The van der Waals surface area contributed by atoms with Crippen molar-refractivity contribution in [2.75, 3.05) is 0 Å². The number of H-pyrrole nitrogens is 1. The van der Waals surface area contributed by atoms with Crippen molar-refractivity contribution in [3.63, 3.8) is 0 Å². The lowest BCUT2D eigenvalue weighted by Gasteiger charge is -2.10. The molecule has 0 atom stereocenters. The fourth-order valence-electron chi connectivity index (χ4n) is 2.80. The molecule has 0 aliphatic rings. The molecule has 25 heavy (non-hydrogen) atoms. The van der Waals surface area contributed by atoms with Crippen LogP contribution in [0.3, 0.4) is 0 Å². The Labute approximate surface area is 139 Å². The second kappa shape index (κ2) is 5.13. The first-order chi connectivity index (χ1) is 11.7. The summed E-state index contributed by atoms with van der Waals surface area (Å²) in [7, 11) is -5.69. The Balaban J connectivity index is 1.86. The van der Waals surface area contributed by atoms with Crippen molar-refractivity contribution in [1.29, 1.82) is 0 Å². The number of fused-ring (bicyclic) bond motifs is 4. The summed E-state index contributed by atoms with van der Waals surface area (Å²) in [4.78, 5) is 3.22. The Morgan fingerprint density at radius 3 is 2.36 bits per heavy atom. The van der Waals surface area contributed by atoms with Gasteiger partial charge >= 0.3 is 15.6 Å². The maximum absolute atomic E-state index is 12.4. The molecule has 1 aromatic heterocycles. The van der Waals surface area contributed by atoms with E-state index in [9.17, 15) is 21.6 Å². The number of aromatic nitrogens is 1. The van der Waals surface area contributed by atoms with E-state index in [0.717, 1.165) is 27.2 Å². The lowest BCUT2D eigenvalue weighted by atomic mass is 10.1. The summed E-state index contributed by atoms with van der Waals surface area (Å²) in [6.07, 6.45) is 0. The minimum atomic E-state index is -5.69. The monoisotopic (exact) mass is 365 g/mol. The first kappa shape index (κ1) is 15.8. The average Bonchev–Trinajstić information content (AvgIpc) is 2.88. The molecule has 0 spiro atoms. The number of benzene rings is 3. The maximum Gasteiger partial charge on any atom is 0.534 e. The number of aromatic amines is 1. The Kier molecular flexibility index (Phi) is 3.23. The van der Waals surface area contributed by atoms with Crippen molar-refractivity contribution in [2.24, 2.45) is 0 Å². The van der Waals surface area contributed by atoms with Crippen molar-refractivity contribution in [2.45, 2.75) is 5.51 Å². The minimum absolute atomic E-state index is 0.389. The summed E-state index contributed by atoms with van der Waals surface area (Å²) in [6, 6.07) is 15.3. The van der Waals surface area contributed by atoms with E-state index in [2.05, 4.69) is 9.17 Å². The van der Waals surface area contributed by atoms with E-state index in [1.807, 2.05) is 30.3 Å². The van der Waals surface area contributed by atoms with Crippen molar-refractivity contribution >= 4 is 42.7 Å². The zero-order chi connectivity index (χ0) is 17.8. The highest BCUT2D eigenvalue weighted by Gasteiger charge is 2.48. The molecule has 1 N–H and O–H groups in total. The standard InChI is InChI=1S/C17H10F3NO3S/c18-17(19,20)25(22,23)24-12-6-5-10-8-14-13-3-1-2-4-15(13)21-16(14)9-11(10)7-12/h1-9,21H. The molecular weight excluding hydrogens is 355 g/mol. The van der Waals surface area contributed by atoms with Gasteiger partial charge in [0.15, 0.2) is 0 Å². The van der Waals surface area contributed by atoms with Gasteiger partial charge in [0.1, 0.15) is 5.75 Å². The van der Waals surface area contributed by atoms with Crippen LogP contribution in [-0.2, 0) is 10.1 Å².